The molecule has 0 saturated carbocycles. The molecular formula is C13H19NO2. The van der Waals surface area contributed by atoms with E-state index in [0.29, 0.717) is 13.0 Å². The molecule has 0 spiro atoms. The third-order valence-electron chi connectivity index (χ3n) is 2.48. The van der Waals surface area contributed by atoms with Crippen LogP contribution in [0.4, 0.5) is 0 Å². The summed E-state index contributed by atoms with van der Waals surface area (Å²) in [6, 6.07) is 8.06. The maximum Gasteiger partial charge on any atom is 0.220 e. The standard InChI is InChI=1S/C13H19NO2/c1-10-5-3-4-6-12(10)7-8-13(16)14-9-11(2)15/h3-6,11,15H,7-9H2,1-2H3,(H,14,16). The number of hydrogen-bond acceptors (Lipinski definition) is 2. The van der Waals surface area contributed by atoms with Crippen molar-refractivity contribution in [1.82, 2.24) is 5.32 Å². The first-order chi connectivity index (χ1) is 7.59. The predicted molar refractivity (Wildman–Crippen MR) is 64.2 cm³/mol. The lowest BCUT2D eigenvalue weighted by Gasteiger charge is -2.08. The quantitative estimate of drug-likeness (QED) is 0.790. The number of carbonyl (C=O) groups excluding carboxylic acids is 1. The third kappa shape index (κ3) is 4.45. The SMILES string of the molecule is Cc1ccccc1CCC(=O)NCC(C)O. The van der Waals surface area contributed by atoms with Crippen LogP contribution in [-0.2, 0) is 11.2 Å². The molecule has 0 radical (unpaired) electrons. The lowest BCUT2D eigenvalue weighted by atomic mass is 10.0. The van der Waals surface area contributed by atoms with Crippen molar-refractivity contribution < 1.29 is 9.90 Å². The summed E-state index contributed by atoms with van der Waals surface area (Å²) < 4.78 is 0. The van der Waals surface area contributed by atoms with E-state index in [4.69, 9.17) is 5.11 Å². The summed E-state index contributed by atoms with van der Waals surface area (Å²) in [5.74, 6) is -0.0100. The number of aliphatic hydroxyl groups excluding tert-OH is 1. The first-order valence-electron chi connectivity index (χ1n) is 5.59. The van der Waals surface area contributed by atoms with Gasteiger partial charge in [-0.2, -0.15) is 0 Å². The van der Waals surface area contributed by atoms with Crippen molar-refractivity contribution in [2.24, 2.45) is 0 Å². The van der Waals surface area contributed by atoms with Crippen molar-refractivity contribution in [1.29, 1.82) is 0 Å². The molecule has 1 aromatic rings. The van der Waals surface area contributed by atoms with Crippen LogP contribution in [0.25, 0.3) is 0 Å². The summed E-state index contributed by atoms with van der Waals surface area (Å²) in [4.78, 5) is 11.4. The van der Waals surface area contributed by atoms with Gasteiger partial charge in [-0.05, 0) is 31.4 Å². The Morgan fingerprint density at radius 1 is 1.44 bits per heavy atom. The Hall–Kier alpha value is -1.35. The summed E-state index contributed by atoms with van der Waals surface area (Å²) >= 11 is 0. The Bertz CT molecular complexity index is 348. The number of hydrogen-bond donors (Lipinski definition) is 2. The molecule has 1 aromatic carbocycles. The van der Waals surface area contributed by atoms with E-state index in [1.54, 1.807) is 6.92 Å². The van der Waals surface area contributed by atoms with E-state index >= 15 is 0 Å². The van der Waals surface area contributed by atoms with Crippen LogP contribution in [0.2, 0.25) is 0 Å². The van der Waals surface area contributed by atoms with Crippen molar-refractivity contribution in [2.45, 2.75) is 32.8 Å². The topological polar surface area (TPSA) is 49.3 Å². The molecule has 2 N–H and O–H groups in total. The zero-order chi connectivity index (χ0) is 12.0. The van der Waals surface area contributed by atoms with Gasteiger partial charge in [-0.1, -0.05) is 24.3 Å². The largest absolute Gasteiger partial charge is 0.392 e. The zero-order valence-corrected chi connectivity index (χ0v) is 9.86. The van der Waals surface area contributed by atoms with Gasteiger partial charge in [0.25, 0.3) is 0 Å². The van der Waals surface area contributed by atoms with Gasteiger partial charge in [-0.3, -0.25) is 4.79 Å². The van der Waals surface area contributed by atoms with Crippen LogP contribution in [0.3, 0.4) is 0 Å². The number of nitrogens with one attached hydrogen (secondary N) is 1. The number of carbonyl (C=O) groups is 1. The van der Waals surface area contributed by atoms with Crippen LogP contribution >= 0.6 is 0 Å². The van der Waals surface area contributed by atoms with E-state index in [0.717, 1.165) is 6.42 Å². The maximum atomic E-state index is 11.4. The van der Waals surface area contributed by atoms with E-state index < -0.39 is 6.10 Å². The molecule has 0 aliphatic rings. The fourth-order valence-electron chi connectivity index (χ4n) is 1.49. The molecule has 1 rings (SSSR count). The molecule has 1 amide bonds. The number of amides is 1. The second-order valence-electron chi connectivity index (χ2n) is 4.08. The zero-order valence-electron chi connectivity index (χ0n) is 9.86. The minimum absolute atomic E-state index is 0.0100. The van der Waals surface area contributed by atoms with Gasteiger partial charge in [0.15, 0.2) is 0 Å². The number of aliphatic hydroxyl groups is 1. The van der Waals surface area contributed by atoms with Gasteiger partial charge in [0.2, 0.25) is 5.91 Å². The highest BCUT2D eigenvalue weighted by molar-refractivity contribution is 5.76. The first-order valence-corrected chi connectivity index (χ1v) is 5.59. The molecule has 0 bridgehead atoms. The van der Waals surface area contributed by atoms with Crippen molar-refractivity contribution >= 4 is 5.91 Å². The molecule has 0 saturated heterocycles. The number of rotatable bonds is 5. The second kappa shape index (κ2) is 6.28. The smallest absolute Gasteiger partial charge is 0.220 e. The maximum absolute atomic E-state index is 11.4. The van der Waals surface area contributed by atoms with E-state index in [-0.39, 0.29) is 5.91 Å². The third-order valence-corrected chi connectivity index (χ3v) is 2.48. The summed E-state index contributed by atoms with van der Waals surface area (Å²) in [6.45, 7) is 4.03. The van der Waals surface area contributed by atoms with E-state index in [9.17, 15) is 4.79 Å². The summed E-state index contributed by atoms with van der Waals surface area (Å²) in [6.07, 6.45) is 0.734. The molecule has 88 valence electrons. The van der Waals surface area contributed by atoms with Crippen molar-refractivity contribution in [2.75, 3.05) is 6.54 Å². The Labute approximate surface area is 96.5 Å². The highest BCUT2D eigenvalue weighted by Gasteiger charge is 2.04. The summed E-state index contributed by atoms with van der Waals surface area (Å²) in [5.41, 5.74) is 2.42. The molecular weight excluding hydrogens is 202 g/mol. The number of benzene rings is 1. The molecule has 0 aromatic heterocycles. The van der Waals surface area contributed by atoms with Crippen molar-refractivity contribution in [3.63, 3.8) is 0 Å². The van der Waals surface area contributed by atoms with Crippen LogP contribution in [0, 0.1) is 6.92 Å². The van der Waals surface area contributed by atoms with Gasteiger partial charge < -0.3 is 10.4 Å². The lowest BCUT2D eigenvalue weighted by Crippen LogP contribution is -2.30. The van der Waals surface area contributed by atoms with Crippen LogP contribution in [0.5, 0.6) is 0 Å². The van der Waals surface area contributed by atoms with Gasteiger partial charge in [0.1, 0.15) is 0 Å². The van der Waals surface area contributed by atoms with Gasteiger partial charge >= 0.3 is 0 Å². The highest BCUT2D eigenvalue weighted by atomic mass is 16.3. The van der Waals surface area contributed by atoms with Crippen molar-refractivity contribution in [3.05, 3.63) is 35.4 Å². The van der Waals surface area contributed by atoms with E-state index in [2.05, 4.69) is 5.32 Å². The van der Waals surface area contributed by atoms with Crippen LogP contribution in [0.1, 0.15) is 24.5 Å². The molecule has 0 aliphatic carbocycles. The van der Waals surface area contributed by atoms with Gasteiger partial charge in [-0.25, -0.2) is 0 Å². The summed E-state index contributed by atoms with van der Waals surface area (Å²) in [5, 5.41) is 11.7. The summed E-state index contributed by atoms with van der Waals surface area (Å²) in [7, 11) is 0. The van der Waals surface area contributed by atoms with Crippen LogP contribution in [-0.4, -0.2) is 23.7 Å². The van der Waals surface area contributed by atoms with Crippen molar-refractivity contribution in [3.8, 4) is 0 Å². The van der Waals surface area contributed by atoms with Gasteiger partial charge in [-0.15, -0.1) is 0 Å². The predicted octanol–water partition coefficient (Wildman–Crippen LogP) is 1.42. The Kier molecular flexibility index (Phi) is 4.99. The molecule has 0 heterocycles. The average Bonchev–Trinajstić information content (AvgIpc) is 2.25. The minimum Gasteiger partial charge on any atom is -0.392 e. The molecule has 0 fully saturated rings. The molecule has 16 heavy (non-hydrogen) atoms. The highest BCUT2D eigenvalue weighted by Crippen LogP contribution is 2.09. The second-order valence-corrected chi connectivity index (χ2v) is 4.08. The molecule has 1 unspecified atom stereocenters. The normalized spacial score (nSPS) is 12.2. The average molecular weight is 221 g/mol. The van der Waals surface area contributed by atoms with E-state index in [1.807, 2.05) is 31.2 Å². The fourth-order valence-corrected chi connectivity index (χ4v) is 1.49. The number of aryl methyl sites for hydroxylation is 2. The van der Waals surface area contributed by atoms with Crippen LogP contribution < -0.4 is 5.32 Å². The Balaban J connectivity index is 2.35. The molecule has 3 heteroatoms. The molecule has 0 aliphatic heterocycles. The van der Waals surface area contributed by atoms with Gasteiger partial charge in [0, 0.05) is 13.0 Å². The Morgan fingerprint density at radius 3 is 2.75 bits per heavy atom. The monoisotopic (exact) mass is 221 g/mol. The fraction of sp³-hybridized carbons (Fsp3) is 0.462. The lowest BCUT2D eigenvalue weighted by molar-refractivity contribution is -0.121. The van der Waals surface area contributed by atoms with Crippen LogP contribution in [0.15, 0.2) is 24.3 Å². The van der Waals surface area contributed by atoms with Gasteiger partial charge in [0.05, 0.1) is 6.10 Å². The van der Waals surface area contributed by atoms with E-state index in [1.165, 1.54) is 11.1 Å². The first kappa shape index (κ1) is 12.7. The Morgan fingerprint density at radius 2 is 2.12 bits per heavy atom. The minimum atomic E-state index is -0.484. The molecule has 1 atom stereocenters. The molecule has 3 nitrogen and oxygen atoms in total.